The first-order valence-corrected chi connectivity index (χ1v) is 2.88. The van der Waals surface area contributed by atoms with Gasteiger partial charge in [-0.15, -0.1) is 0 Å². The first-order chi connectivity index (χ1) is 4.83. The molecule has 0 spiro atoms. The maximum Gasteiger partial charge on any atom is 0.228 e. The summed E-state index contributed by atoms with van der Waals surface area (Å²) in [6, 6.07) is 0. The average molecular weight is 138 g/mol. The summed E-state index contributed by atoms with van der Waals surface area (Å²) in [5.41, 5.74) is 0.777. The van der Waals surface area contributed by atoms with Gasteiger partial charge in [0, 0.05) is 18.8 Å². The van der Waals surface area contributed by atoms with Crippen molar-refractivity contribution < 1.29 is 4.79 Å². The fraction of sp³-hybridized carbons (Fsp3) is 0.167. The van der Waals surface area contributed by atoms with E-state index in [9.17, 15) is 4.79 Å². The lowest BCUT2D eigenvalue weighted by Crippen LogP contribution is -2.17. The Morgan fingerprint density at radius 2 is 2.70 bits per heavy atom. The van der Waals surface area contributed by atoms with Crippen molar-refractivity contribution in [3.63, 3.8) is 0 Å². The minimum Gasteiger partial charge on any atom is -0.359 e. The van der Waals surface area contributed by atoms with Crippen molar-refractivity contribution in [2.45, 2.75) is 0 Å². The molecule has 0 aromatic carbocycles. The second kappa shape index (κ2) is 3.00. The van der Waals surface area contributed by atoms with Crippen LogP contribution in [-0.4, -0.2) is 23.2 Å². The van der Waals surface area contributed by atoms with Crippen molar-refractivity contribution in [2.24, 2.45) is 0 Å². The molecule has 1 rings (SSSR count). The summed E-state index contributed by atoms with van der Waals surface area (Å²) in [6.07, 6.45) is 4.69. The van der Waals surface area contributed by atoms with Crippen LogP contribution in [0.3, 0.4) is 0 Å². The summed E-state index contributed by atoms with van der Waals surface area (Å²) in [7, 11) is 1.58. The van der Waals surface area contributed by atoms with Crippen LogP contribution >= 0.6 is 0 Å². The van der Waals surface area contributed by atoms with Crippen molar-refractivity contribution in [1.29, 1.82) is 0 Å². The van der Waals surface area contributed by atoms with Gasteiger partial charge in [-0.05, 0) is 0 Å². The van der Waals surface area contributed by atoms with Crippen LogP contribution in [0.25, 0.3) is 0 Å². The quantitative estimate of drug-likeness (QED) is 0.590. The molecule has 4 heteroatoms. The molecular formula is C6H8N3O. The van der Waals surface area contributed by atoms with E-state index in [1.807, 2.05) is 0 Å². The third-order valence-electron chi connectivity index (χ3n) is 1.06. The van der Waals surface area contributed by atoms with Crippen molar-refractivity contribution in [1.82, 2.24) is 15.5 Å². The van der Waals surface area contributed by atoms with E-state index in [2.05, 4.69) is 15.5 Å². The van der Waals surface area contributed by atoms with Gasteiger partial charge in [0.25, 0.3) is 0 Å². The molecule has 0 atom stereocenters. The molecule has 1 heterocycles. The third-order valence-corrected chi connectivity index (χ3v) is 1.06. The summed E-state index contributed by atoms with van der Waals surface area (Å²) >= 11 is 0. The molecule has 0 unspecified atom stereocenters. The molecule has 1 aromatic rings. The van der Waals surface area contributed by atoms with Crippen LogP contribution < -0.4 is 5.32 Å². The number of H-pyrrole nitrogens is 1. The number of nitrogens with zero attached hydrogens (tertiary/aromatic N) is 1. The van der Waals surface area contributed by atoms with Crippen LogP contribution in [0.2, 0.25) is 0 Å². The third kappa shape index (κ3) is 1.58. The Kier molecular flexibility index (Phi) is 2.04. The molecule has 0 aliphatic rings. The van der Waals surface area contributed by atoms with E-state index in [-0.39, 0.29) is 5.91 Å². The van der Waals surface area contributed by atoms with Crippen molar-refractivity contribution >= 4 is 5.91 Å². The van der Waals surface area contributed by atoms with E-state index in [1.165, 1.54) is 6.42 Å². The van der Waals surface area contributed by atoms with E-state index < -0.39 is 0 Å². The summed E-state index contributed by atoms with van der Waals surface area (Å²) in [5, 5.41) is 8.74. The lowest BCUT2D eigenvalue weighted by Gasteiger charge is -1.92. The van der Waals surface area contributed by atoms with Crippen LogP contribution in [0, 0.1) is 6.42 Å². The Labute approximate surface area is 58.6 Å². The molecule has 0 aliphatic carbocycles. The maximum absolute atomic E-state index is 10.7. The van der Waals surface area contributed by atoms with Crippen LogP contribution in [0.1, 0.15) is 5.56 Å². The van der Waals surface area contributed by atoms with E-state index in [0.717, 1.165) is 5.56 Å². The average Bonchev–Trinajstić information content (AvgIpc) is 2.40. The van der Waals surface area contributed by atoms with Crippen LogP contribution in [-0.2, 0) is 4.79 Å². The van der Waals surface area contributed by atoms with Gasteiger partial charge in [0.1, 0.15) is 0 Å². The number of rotatable bonds is 2. The summed E-state index contributed by atoms with van der Waals surface area (Å²) in [4.78, 5) is 10.7. The molecule has 1 amide bonds. The number of hydrogen-bond acceptors (Lipinski definition) is 2. The number of aromatic nitrogens is 2. The predicted octanol–water partition coefficient (Wildman–Crippen LogP) is -0.292. The highest BCUT2D eigenvalue weighted by atomic mass is 16.1. The zero-order valence-electron chi connectivity index (χ0n) is 5.59. The van der Waals surface area contributed by atoms with Gasteiger partial charge in [-0.3, -0.25) is 9.89 Å². The number of hydrogen-bond donors (Lipinski definition) is 2. The van der Waals surface area contributed by atoms with E-state index in [4.69, 9.17) is 0 Å². The Hall–Kier alpha value is -1.32. The molecular weight excluding hydrogens is 130 g/mol. The molecule has 53 valence electrons. The fourth-order valence-corrected chi connectivity index (χ4v) is 0.563. The number of nitrogens with one attached hydrogen (secondary N) is 2. The van der Waals surface area contributed by atoms with Crippen molar-refractivity contribution in [3.8, 4) is 0 Å². The standard InChI is InChI=1S/C6H8N3O/c1-7-6(10)2-5-3-8-9-4-5/h2-4H,1H3,(H,7,10)(H,8,9). The monoisotopic (exact) mass is 138 g/mol. The first kappa shape index (κ1) is 6.80. The predicted molar refractivity (Wildman–Crippen MR) is 36.1 cm³/mol. The first-order valence-electron chi connectivity index (χ1n) is 2.88. The Balaban J connectivity index is 2.48. The van der Waals surface area contributed by atoms with E-state index >= 15 is 0 Å². The Morgan fingerprint density at radius 3 is 3.20 bits per heavy atom. The number of carbonyl (C=O) groups excluding carboxylic acids is 1. The minimum absolute atomic E-state index is 0.124. The second-order valence-electron chi connectivity index (χ2n) is 1.79. The molecule has 0 saturated heterocycles. The van der Waals surface area contributed by atoms with Gasteiger partial charge in [-0.2, -0.15) is 5.10 Å². The molecule has 4 nitrogen and oxygen atoms in total. The smallest absolute Gasteiger partial charge is 0.228 e. The van der Waals surface area contributed by atoms with Crippen molar-refractivity contribution in [2.75, 3.05) is 7.05 Å². The summed E-state index contributed by atoms with van der Waals surface area (Å²) in [5.74, 6) is -0.124. The molecule has 0 fully saturated rings. The summed E-state index contributed by atoms with van der Waals surface area (Å²) in [6.45, 7) is 0. The molecule has 0 aliphatic heterocycles. The number of aromatic amines is 1. The summed E-state index contributed by atoms with van der Waals surface area (Å²) < 4.78 is 0. The normalized spacial score (nSPS) is 9.30. The molecule has 2 N–H and O–H groups in total. The Morgan fingerprint density at radius 1 is 1.90 bits per heavy atom. The lowest BCUT2D eigenvalue weighted by molar-refractivity contribution is -0.117. The van der Waals surface area contributed by atoms with Crippen LogP contribution in [0.15, 0.2) is 12.4 Å². The Bertz CT molecular complexity index is 205. The van der Waals surface area contributed by atoms with Crippen LogP contribution in [0.4, 0.5) is 0 Å². The van der Waals surface area contributed by atoms with Gasteiger partial charge in [0.05, 0.1) is 12.6 Å². The fourth-order valence-electron chi connectivity index (χ4n) is 0.563. The highest BCUT2D eigenvalue weighted by Crippen LogP contribution is 1.96. The van der Waals surface area contributed by atoms with Gasteiger partial charge in [-0.25, -0.2) is 0 Å². The highest BCUT2D eigenvalue weighted by molar-refractivity contribution is 5.87. The second-order valence-corrected chi connectivity index (χ2v) is 1.79. The SMILES string of the molecule is CNC(=O)[CH]c1cn[nH]c1. The molecule has 0 saturated carbocycles. The van der Waals surface area contributed by atoms with Gasteiger partial charge in [0.15, 0.2) is 0 Å². The number of likely N-dealkylation sites (N-methyl/N-ethyl adjacent to an activating group) is 1. The number of carbonyl (C=O) groups is 1. The van der Waals surface area contributed by atoms with Gasteiger partial charge >= 0.3 is 0 Å². The molecule has 1 radical (unpaired) electrons. The van der Waals surface area contributed by atoms with E-state index in [0.29, 0.717) is 0 Å². The largest absolute Gasteiger partial charge is 0.359 e. The highest BCUT2D eigenvalue weighted by Gasteiger charge is 2.00. The zero-order chi connectivity index (χ0) is 7.40. The minimum atomic E-state index is -0.124. The van der Waals surface area contributed by atoms with E-state index in [1.54, 1.807) is 19.4 Å². The topological polar surface area (TPSA) is 57.8 Å². The molecule has 10 heavy (non-hydrogen) atoms. The maximum atomic E-state index is 10.7. The van der Waals surface area contributed by atoms with Crippen molar-refractivity contribution in [3.05, 3.63) is 24.4 Å². The number of amides is 1. The lowest BCUT2D eigenvalue weighted by atomic mass is 10.2. The van der Waals surface area contributed by atoms with Gasteiger partial charge in [0.2, 0.25) is 5.91 Å². The van der Waals surface area contributed by atoms with Gasteiger partial charge < -0.3 is 5.32 Å². The molecule has 1 aromatic heterocycles. The molecule has 0 bridgehead atoms. The zero-order valence-corrected chi connectivity index (χ0v) is 5.59. The van der Waals surface area contributed by atoms with Crippen LogP contribution in [0.5, 0.6) is 0 Å². The van der Waals surface area contributed by atoms with Gasteiger partial charge in [-0.1, -0.05) is 0 Å².